The third-order valence-corrected chi connectivity index (χ3v) is 4.45. The average Bonchev–Trinajstić information content (AvgIpc) is 3.07. The van der Waals surface area contributed by atoms with Gasteiger partial charge in [0.1, 0.15) is 12.1 Å². The molecule has 0 spiro atoms. The van der Waals surface area contributed by atoms with Crippen molar-refractivity contribution >= 4 is 28.4 Å². The van der Waals surface area contributed by atoms with Gasteiger partial charge in [0.05, 0.1) is 5.52 Å². The van der Waals surface area contributed by atoms with Gasteiger partial charge in [-0.25, -0.2) is 9.97 Å². The zero-order valence-electron chi connectivity index (χ0n) is 14.7. The van der Waals surface area contributed by atoms with E-state index in [4.69, 9.17) is 4.52 Å². The second-order valence-electron chi connectivity index (χ2n) is 6.39. The largest absolute Gasteiger partial charge is 0.368 e. The summed E-state index contributed by atoms with van der Waals surface area (Å²) in [5.74, 6) is 1.61. The summed E-state index contributed by atoms with van der Waals surface area (Å²) in [5, 5.41) is 4.94. The zero-order valence-corrected chi connectivity index (χ0v) is 14.7. The summed E-state index contributed by atoms with van der Waals surface area (Å²) in [6.07, 6.45) is 1.61. The highest BCUT2D eigenvalue weighted by molar-refractivity contribution is 5.91. The molecule has 0 aliphatic carbocycles. The van der Waals surface area contributed by atoms with E-state index in [-0.39, 0.29) is 0 Å². The quantitative estimate of drug-likeness (QED) is 0.714. The first-order chi connectivity index (χ1) is 12.1. The number of rotatable bonds is 3. The number of hydrogen-bond donors (Lipinski definition) is 0. The van der Waals surface area contributed by atoms with Crippen LogP contribution in [0.2, 0.25) is 0 Å². The lowest BCUT2D eigenvalue weighted by Crippen LogP contribution is -2.46. The molecule has 0 radical (unpaired) electrons. The summed E-state index contributed by atoms with van der Waals surface area (Å²) in [5.41, 5.74) is 2.15. The number of aromatic nitrogens is 4. The van der Waals surface area contributed by atoms with E-state index in [2.05, 4.69) is 48.1 Å². The number of aryl methyl sites for hydroxylation is 1. The van der Waals surface area contributed by atoms with Crippen LogP contribution in [0.5, 0.6) is 0 Å². The molecule has 1 aliphatic heterocycles. The second kappa shape index (κ2) is 6.19. The highest BCUT2D eigenvalue weighted by atomic mass is 16.5. The smallest absolute Gasteiger partial charge is 0.324 e. The van der Waals surface area contributed by atoms with E-state index in [9.17, 15) is 0 Å². The Morgan fingerprint density at radius 2 is 1.80 bits per heavy atom. The molecule has 130 valence electrons. The molecule has 8 heteroatoms. The van der Waals surface area contributed by atoms with E-state index >= 15 is 0 Å². The molecule has 0 amide bonds. The van der Waals surface area contributed by atoms with Crippen LogP contribution >= 0.6 is 0 Å². The van der Waals surface area contributed by atoms with Crippen LogP contribution in [0.25, 0.3) is 10.9 Å². The van der Waals surface area contributed by atoms with Gasteiger partial charge in [0.2, 0.25) is 0 Å². The SMILES string of the molecule is Cc1noc(N2CCN(c3ccc4ncnc(N(C)C)c4c3)CC2)n1. The predicted molar refractivity (Wildman–Crippen MR) is 97.3 cm³/mol. The Bertz CT molecular complexity index is 884. The lowest BCUT2D eigenvalue weighted by atomic mass is 10.1. The molecule has 1 saturated heterocycles. The van der Waals surface area contributed by atoms with Crippen molar-refractivity contribution in [1.82, 2.24) is 20.1 Å². The number of piperazine rings is 1. The highest BCUT2D eigenvalue weighted by Crippen LogP contribution is 2.27. The molecule has 1 aliphatic rings. The van der Waals surface area contributed by atoms with Gasteiger partial charge in [-0.1, -0.05) is 5.16 Å². The molecule has 1 fully saturated rings. The molecule has 8 nitrogen and oxygen atoms in total. The molecule has 25 heavy (non-hydrogen) atoms. The van der Waals surface area contributed by atoms with Gasteiger partial charge >= 0.3 is 6.01 Å². The van der Waals surface area contributed by atoms with Gasteiger partial charge in [-0.2, -0.15) is 4.98 Å². The molecule has 0 saturated carbocycles. The van der Waals surface area contributed by atoms with Crippen molar-refractivity contribution in [3.05, 3.63) is 30.4 Å². The minimum atomic E-state index is 0.610. The molecule has 0 unspecified atom stereocenters. The van der Waals surface area contributed by atoms with E-state index in [0.717, 1.165) is 42.9 Å². The molecule has 0 bridgehead atoms. The van der Waals surface area contributed by atoms with Gasteiger partial charge in [0.15, 0.2) is 5.82 Å². The molecular weight excluding hydrogens is 318 g/mol. The first-order valence-corrected chi connectivity index (χ1v) is 8.34. The molecule has 2 aromatic heterocycles. The Balaban J connectivity index is 1.55. The normalized spacial score (nSPS) is 15.0. The molecule has 3 heterocycles. The summed E-state index contributed by atoms with van der Waals surface area (Å²) in [7, 11) is 4.00. The maximum atomic E-state index is 5.27. The Labute approximate surface area is 146 Å². The van der Waals surface area contributed by atoms with Crippen molar-refractivity contribution < 1.29 is 4.52 Å². The fraction of sp³-hybridized carbons (Fsp3) is 0.412. The summed E-state index contributed by atoms with van der Waals surface area (Å²) < 4.78 is 5.27. The van der Waals surface area contributed by atoms with Gasteiger partial charge in [-0.3, -0.25) is 0 Å². The minimum absolute atomic E-state index is 0.610. The first kappa shape index (κ1) is 15.6. The highest BCUT2D eigenvalue weighted by Gasteiger charge is 2.21. The van der Waals surface area contributed by atoms with Crippen molar-refractivity contribution in [2.75, 3.05) is 55.0 Å². The molecular formula is C17H21N7O. The fourth-order valence-corrected chi connectivity index (χ4v) is 3.15. The van der Waals surface area contributed by atoms with Crippen molar-refractivity contribution in [3.63, 3.8) is 0 Å². The van der Waals surface area contributed by atoms with Crippen molar-refractivity contribution in [1.29, 1.82) is 0 Å². The van der Waals surface area contributed by atoms with E-state index < -0.39 is 0 Å². The van der Waals surface area contributed by atoms with E-state index in [1.54, 1.807) is 6.33 Å². The molecule has 4 rings (SSSR count). The minimum Gasteiger partial charge on any atom is -0.368 e. The van der Waals surface area contributed by atoms with Crippen LogP contribution in [0.3, 0.4) is 0 Å². The van der Waals surface area contributed by atoms with Gasteiger partial charge < -0.3 is 19.2 Å². The van der Waals surface area contributed by atoms with Crippen LogP contribution < -0.4 is 14.7 Å². The van der Waals surface area contributed by atoms with Gasteiger partial charge in [0.25, 0.3) is 0 Å². The Hall–Kier alpha value is -2.90. The number of benzene rings is 1. The van der Waals surface area contributed by atoms with Gasteiger partial charge in [0, 0.05) is 51.3 Å². The number of anilines is 3. The van der Waals surface area contributed by atoms with E-state index in [0.29, 0.717) is 11.8 Å². The zero-order chi connectivity index (χ0) is 17.4. The fourth-order valence-electron chi connectivity index (χ4n) is 3.15. The van der Waals surface area contributed by atoms with Crippen molar-refractivity contribution in [2.24, 2.45) is 0 Å². The van der Waals surface area contributed by atoms with Gasteiger partial charge in [-0.05, 0) is 25.1 Å². The van der Waals surface area contributed by atoms with Crippen LogP contribution in [0.4, 0.5) is 17.5 Å². The van der Waals surface area contributed by atoms with Gasteiger partial charge in [-0.15, -0.1) is 0 Å². The third-order valence-electron chi connectivity index (χ3n) is 4.45. The summed E-state index contributed by atoms with van der Waals surface area (Å²) in [6.45, 7) is 5.34. The molecule has 0 atom stereocenters. The number of fused-ring (bicyclic) bond motifs is 1. The Morgan fingerprint density at radius 1 is 1.04 bits per heavy atom. The van der Waals surface area contributed by atoms with Crippen LogP contribution in [-0.2, 0) is 0 Å². The monoisotopic (exact) mass is 339 g/mol. The Kier molecular flexibility index (Phi) is 3.87. The molecule has 3 aromatic rings. The first-order valence-electron chi connectivity index (χ1n) is 8.34. The topological polar surface area (TPSA) is 74.4 Å². The van der Waals surface area contributed by atoms with Crippen LogP contribution in [0.15, 0.2) is 29.0 Å². The number of nitrogens with zero attached hydrogens (tertiary/aromatic N) is 7. The predicted octanol–water partition coefficient (Wildman–Crippen LogP) is 1.71. The molecule has 0 N–H and O–H groups in total. The van der Waals surface area contributed by atoms with E-state index in [1.165, 1.54) is 5.69 Å². The van der Waals surface area contributed by atoms with E-state index in [1.807, 2.05) is 25.9 Å². The lowest BCUT2D eigenvalue weighted by molar-refractivity contribution is 0.404. The summed E-state index contributed by atoms with van der Waals surface area (Å²) in [6, 6.07) is 6.98. The number of hydrogen-bond acceptors (Lipinski definition) is 8. The molecule has 1 aromatic carbocycles. The maximum Gasteiger partial charge on any atom is 0.324 e. The third kappa shape index (κ3) is 2.95. The Morgan fingerprint density at radius 3 is 2.48 bits per heavy atom. The summed E-state index contributed by atoms with van der Waals surface area (Å²) in [4.78, 5) is 19.6. The van der Waals surface area contributed by atoms with Crippen molar-refractivity contribution in [2.45, 2.75) is 6.92 Å². The van der Waals surface area contributed by atoms with Crippen LogP contribution in [-0.4, -0.2) is 60.4 Å². The average molecular weight is 339 g/mol. The van der Waals surface area contributed by atoms with Crippen LogP contribution in [0, 0.1) is 6.92 Å². The summed E-state index contributed by atoms with van der Waals surface area (Å²) >= 11 is 0. The standard InChI is InChI=1S/C17H21N7O/c1-12-20-17(25-21-12)24-8-6-23(7-9-24)13-4-5-15-14(10-13)16(22(2)3)19-11-18-15/h4-5,10-11H,6-9H2,1-3H3. The maximum absolute atomic E-state index is 5.27. The lowest BCUT2D eigenvalue weighted by Gasteiger charge is -2.35. The van der Waals surface area contributed by atoms with Crippen LogP contribution in [0.1, 0.15) is 5.82 Å². The second-order valence-corrected chi connectivity index (χ2v) is 6.39. The van der Waals surface area contributed by atoms with Crippen molar-refractivity contribution in [3.8, 4) is 0 Å².